The first-order valence-electron chi connectivity index (χ1n) is 7.60. The zero-order valence-corrected chi connectivity index (χ0v) is 18.5. The van der Waals surface area contributed by atoms with E-state index in [2.05, 4.69) is 30.4 Å². The van der Waals surface area contributed by atoms with Crippen molar-refractivity contribution in [2.24, 2.45) is 5.73 Å². The summed E-state index contributed by atoms with van der Waals surface area (Å²) in [6, 6.07) is 4.80. The maximum atomic E-state index is 12.8. The van der Waals surface area contributed by atoms with E-state index in [0.717, 1.165) is 0 Å². The van der Waals surface area contributed by atoms with Crippen LogP contribution < -0.4 is 15.2 Å². The molecule has 1 atom stereocenters. The molecule has 5 N–H and O–H groups in total. The van der Waals surface area contributed by atoms with E-state index >= 15 is 0 Å². The van der Waals surface area contributed by atoms with E-state index in [1.54, 1.807) is 19.1 Å². The van der Waals surface area contributed by atoms with Gasteiger partial charge in [-0.25, -0.2) is 16.8 Å². The van der Waals surface area contributed by atoms with Crippen molar-refractivity contribution in [2.75, 3.05) is 5.75 Å². The van der Waals surface area contributed by atoms with Gasteiger partial charge < -0.3 is 10.7 Å². The van der Waals surface area contributed by atoms with Gasteiger partial charge in [-0.3, -0.25) is 4.79 Å². The second-order valence-electron chi connectivity index (χ2n) is 5.66. The fourth-order valence-corrected chi connectivity index (χ4v) is 5.71. The van der Waals surface area contributed by atoms with Gasteiger partial charge in [0.2, 0.25) is 20.0 Å². The lowest BCUT2D eigenvalue weighted by Crippen LogP contribution is -2.46. The molecule has 1 amide bonds. The Morgan fingerprint density at radius 3 is 2.44 bits per heavy atom. The predicted octanol–water partition coefficient (Wildman–Crippen LogP) is 1.40. The van der Waals surface area contributed by atoms with Gasteiger partial charge in [0.15, 0.2) is 0 Å². The Kier molecular flexibility index (Phi) is 7.85. The van der Waals surface area contributed by atoms with Crippen molar-refractivity contribution in [1.29, 1.82) is 0 Å². The normalized spacial score (nSPS) is 13.3. The zero-order valence-electron chi connectivity index (χ0n) is 14.4. The molecule has 0 aliphatic rings. The first-order chi connectivity index (χ1) is 12.0. The van der Waals surface area contributed by atoms with Crippen LogP contribution in [-0.2, 0) is 20.0 Å². The molecule has 0 aliphatic heterocycles. The number of aromatic amines is 1. The molecule has 27 heavy (non-hydrogen) atoms. The summed E-state index contributed by atoms with van der Waals surface area (Å²) in [7, 11) is -7.88. The molecule has 0 saturated carbocycles. The number of amides is 1. The number of nitrogens with one attached hydrogen (secondary N) is 3. The number of carbonyl (C=O) groups is 1. The number of fused-ring (bicyclic) bond motifs is 1. The van der Waals surface area contributed by atoms with Crippen LogP contribution in [0.3, 0.4) is 0 Å². The number of hydrogen-bond acceptors (Lipinski definition) is 5. The molecule has 1 unspecified atom stereocenters. The highest BCUT2D eigenvalue weighted by atomic mass is 79.9. The van der Waals surface area contributed by atoms with Crippen LogP contribution in [0.2, 0.25) is 0 Å². The van der Waals surface area contributed by atoms with E-state index in [1.165, 1.54) is 13.0 Å². The third-order valence-corrected chi connectivity index (χ3v) is 7.17. The Morgan fingerprint density at radius 2 is 1.89 bits per heavy atom. The quantitative estimate of drug-likeness (QED) is 0.401. The average Bonchev–Trinajstić information content (AvgIpc) is 2.85. The standard InChI is InChI=1S/C14H19BrN4O5S2.ClH/c1-3-6-25(21,22)18-8(2)19-26(23,24)13-10-7-9(15)4-5-11(10)17-12(13)14(16)20;/h4-5,7-8,17-19H,3,6H2,1-2H3,(H2,16,20);1H. The number of hydrogen-bond donors (Lipinski definition) is 4. The Balaban J connectivity index is 0.00000364. The molecule has 0 radical (unpaired) electrons. The molecule has 13 heteroatoms. The number of sulfonamides is 2. The molecule has 0 aliphatic carbocycles. The molecule has 1 heterocycles. The lowest BCUT2D eigenvalue weighted by atomic mass is 10.2. The van der Waals surface area contributed by atoms with Gasteiger partial charge in [-0.1, -0.05) is 22.9 Å². The summed E-state index contributed by atoms with van der Waals surface area (Å²) in [6.07, 6.45) is -0.730. The average molecular weight is 504 g/mol. The van der Waals surface area contributed by atoms with E-state index in [4.69, 9.17) is 5.73 Å². The fraction of sp³-hybridized carbons (Fsp3) is 0.357. The summed E-state index contributed by atoms with van der Waals surface area (Å²) in [5.74, 6) is -1.08. The Bertz CT molecular complexity index is 1050. The van der Waals surface area contributed by atoms with E-state index in [9.17, 15) is 21.6 Å². The Labute approximate surface area is 172 Å². The third-order valence-electron chi connectivity index (χ3n) is 3.39. The van der Waals surface area contributed by atoms with Crippen molar-refractivity contribution < 1.29 is 21.6 Å². The topological polar surface area (TPSA) is 151 Å². The molecule has 2 rings (SSSR count). The van der Waals surface area contributed by atoms with Crippen molar-refractivity contribution >= 4 is 65.2 Å². The molecule has 0 saturated heterocycles. The number of carbonyl (C=O) groups excluding carboxylic acids is 1. The summed E-state index contributed by atoms with van der Waals surface area (Å²) in [6.45, 7) is 3.04. The second-order valence-corrected chi connectivity index (χ2v) is 10.1. The van der Waals surface area contributed by atoms with Crippen molar-refractivity contribution in [3.63, 3.8) is 0 Å². The van der Waals surface area contributed by atoms with Crippen LogP contribution in [0.25, 0.3) is 10.9 Å². The number of aromatic nitrogens is 1. The fourth-order valence-electron chi connectivity index (χ4n) is 2.50. The van der Waals surface area contributed by atoms with Gasteiger partial charge in [0.1, 0.15) is 10.6 Å². The van der Waals surface area contributed by atoms with Crippen molar-refractivity contribution in [3.8, 4) is 0 Å². The summed E-state index contributed by atoms with van der Waals surface area (Å²) in [5.41, 5.74) is 5.42. The van der Waals surface area contributed by atoms with E-state index in [-0.39, 0.29) is 34.1 Å². The molecule has 0 spiro atoms. The highest BCUT2D eigenvalue weighted by Crippen LogP contribution is 2.29. The molecule has 152 valence electrons. The van der Waals surface area contributed by atoms with Gasteiger partial charge in [0.05, 0.1) is 11.9 Å². The van der Waals surface area contributed by atoms with E-state index in [1.807, 2.05) is 0 Å². The number of primary amides is 1. The SMILES string of the molecule is CCCS(=O)(=O)NC(C)NS(=O)(=O)c1c(C(N)=O)[nH]c2ccc(Br)cc12.Cl. The number of halogens is 2. The highest BCUT2D eigenvalue weighted by molar-refractivity contribution is 9.10. The first-order valence-corrected chi connectivity index (χ1v) is 11.5. The molecule has 1 aromatic carbocycles. The van der Waals surface area contributed by atoms with Crippen molar-refractivity contribution in [1.82, 2.24) is 14.4 Å². The van der Waals surface area contributed by atoms with Crippen LogP contribution in [0.5, 0.6) is 0 Å². The molecule has 2 aromatic rings. The van der Waals surface area contributed by atoms with Crippen molar-refractivity contribution in [3.05, 3.63) is 28.4 Å². The highest BCUT2D eigenvalue weighted by Gasteiger charge is 2.29. The minimum Gasteiger partial charge on any atom is -0.364 e. The monoisotopic (exact) mass is 502 g/mol. The van der Waals surface area contributed by atoms with Gasteiger partial charge in [-0.05, 0) is 31.5 Å². The zero-order chi connectivity index (χ0) is 19.7. The van der Waals surface area contributed by atoms with E-state index in [0.29, 0.717) is 16.4 Å². The molecule has 0 fully saturated rings. The lowest BCUT2D eigenvalue weighted by Gasteiger charge is -2.16. The Hall–Kier alpha value is -1.18. The molecule has 1 aromatic heterocycles. The largest absolute Gasteiger partial charge is 0.364 e. The third kappa shape index (κ3) is 5.65. The van der Waals surface area contributed by atoms with Crippen LogP contribution in [0, 0.1) is 0 Å². The predicted molar refractivity (Wildman–Crippen MR) is 109 cm³/mol. The maximum absolute atomic E-state index is 12.8. The van der Waals surface area contributed by atoms with E-state index < -0.39 is 32.1 Å². The van der Waals surface area contributed by atoms with Crippen LogP contribution in [0.4, 0.5) is 0 Å². The first kappa shape index (κ1) is 23.9. The molecular formula is C14H20BrClN4O5S2. The maximum Gasteiger partial charge on any atom is 0.266 e. The number of H-pyrrole nitrogens is 1. The number of rotatable bonds is 8. The van der Waals surface area contributed by atoms with Gasteiger partial charge in [-0.15, -0.1) is 12.4 Å². The summed E-state index contributed by atoms with van der Waals surface area (Å²) in [5, 5.41) is 0.254. The van der Waals surface area contributed by atoms with Crippen LogP contribution in [-0.4, -0.2) is 39.6 Å². The minimum atomic E-state index is -4.25. The summed E-state index contributed by atoms with van der Waals surface area (Å²) < 4.78 is 54.3. The molecule has 0 bridgehead atoms. The number of benzene rings is 1. The smallest absolute Gasteiger partial charge is 0.266 e. The van der Waals surface area contributed by atoms with Crippen molar-refractivity contribution in [2.45, 2.75) is 31.3 Å². The summed E-state index contributed by atoms with van der Waals surface area (Å²) >= 11 is 3.25. The molecular weight excluding hydrogens is 484 g/mol. The van der Waals surface area contributed by atoms with Gasteiger partial charge >= 0.3 is 0 Å². The van der Waals surface area contributed by atoms with Gasteiger partial charge in [-0.2, -0.15) is 9.44 Å². The van der Waals surface area contributed by atoms with Gasteiger partial charge in [0.25, 0.3) is 5.91 Å². The van der Waals surface area contributed by atoms with Crippen LogP contribution >= 0.6 is 28.3 Å². The number of nitrogens with two attached hydrogens (primary N) is 1. The van der Waals surface area contributed by atoms with Crippen LogP contribution in [0.1, 0.15) is 30.8 Å². The minimum absolute atomic E-state index is 0. The molecule has 9 nitrogen and oxygen atoms in total. The lowest BCUT2D eigenvalue weighted by molar-refractivity contribution is 0.0993. The second kappa shape index (κ2) is 8.88. The Morgan fingerprint density at radius 1 is 1.26 bits per heavy atom. The van der Waals surface area contributed by atoms with Gasteiger partial charge in [0, 0.05) is 15.4 Å². The van der Waals surface area contributed by atoms with Crippen LogP contribution in [0.15, 0.2) is 27.6 Å². The summed E-state index contributed by atoms with van der Waals surface area (Å²) in [4.78, 5) is 14.1.